The molecular weight excluding hydrogens is 390 g/mol. The molecule has 1 heterocycles. The molecule has 0 saturated carbocycles. The highest BCUT2D eigenvalue weighted by atomic mass is 16.5. The summed E-state index contributed by atoms with van der Waals surface area (Å²) in [4.78, 5) is 13.4. The van der Waals surface area contributed by atoms with Crippen LogP contribution in [0.15, 0.2) is 48.6 Å². The summed E-state index contributed by atoms with van der Waals surface area (Å²) in [6.07, 6.45) is 0.892. The molecule has 0 aliphatic carbocycles. The van der Waals surface area contributed by atoms with Crippen LogP contribution in [0.2, 0.25) is 0 Å². The van der Waals surface area contributed by atoms with Crippen LogP contribution in [-0.2, 0) is 21.6 Å². The Balaban J connectivity index is 2.13. The zero-order valence-electron chi connectivity index (χ0n) is 19.2. The fraction of sp³-hybridized carbons (Fsp3) is 0.400. The topological polar surface area (TPSA) is 77.2 Å². The lowest BCUT2D eigenvalue weighted by atomic mass is 9.71. The van der Waals surface area contributed by atoms with E-state index in [4.69, 9.17) is 4.74 Å². The molecule has 0 saturated heterocycles. The number of rotatable bonds is 6. The third kappa shape index (κ3) is 5.13. The van der Waals surface area contributed by atoms with Crippen LogP contribution < -0.4 is 0 Å². The van der Waals surface area contributed by atoms with Gasteiger partial charge in [0.1, 0.15) is 23.4 Å². The first-order valence-electron chi connectivity index (χ1n) is 10.4. The van der Waals surface area contributed by atoms with Gasteiger partial charge in [-0.1, -0.05) is 53.3 Å². The van der Waals surface area contributed by atoms with E-state index in [1.165, 1.54) is 0 Å². The number of ether oxygens (including phenoxy) is 1. The van der Waals surface area contributed by atoms with E-state index in [1.807, 2.05) is 30.3 Å². The van der Waals surface area contributed by atoms with Crippen LogP contribution in [0, 0.1) is 5.41 Å². The van der Waals surface area contributed by atoms with Crippen molar-refractivity contribution < 1.29 is 14.6 Å². The van der Waals surface area contributed by atoms with Gasteiger partial charge in [0, 0.05) is 17.2 Å². The van der Waals surface area contributed by atoms with Gasteiger partial charge >= 0.3 is 5.97 Å². The number of phenolic OH excluding ortho intramolecular Hbond substituents is 1. The van der Waals surface area contributed by atoms with E-state index >= 15 is 0 Å². The van der Waals surface area contributed by atoms with Crippen LogP contribution in [-0.4, -0.2) is 26.1 Å². The Hall–Kier alpha value is -3.15. The monoisotopic (exact) mass is 421 g/mol. The molecule has 1 N–H and O–H groups in total. The molecular formula is C25H31N3O3. The van der Waals surface area contributed by atoms with Gasteiger partial charge in [-0.3, -0.25) is 0 Å². The number of carbonyl (C=O) groups is 1. The van der Waals surface area contributed by atoms with Crippen LogP contribution in [0.4, 0.5) is 0 Å². The first-order valence-corrected chi connectivity index (χ1v) is 10.4. The van der Waals surface area contributed by atoms with Gasteiger partial charge in [-0.2, -0.15) is 0 Å². The Morgan fingerprint density at radius 3 is 2.19 bits per heavy atom. The molecule has 0 atom stereocenters. The number of fused-ring (bicyclic) bond motifs is 1. The minimum Gasteiger partial charge on any atom is -0.507 e. The third-order valence-electron chi connectivity index (χ3n) is 5.11. The standard InChI is InChI=1S/C25H31N3O3/c1-16(2)23(30)31-14-17-12-18(25(6,7)15-24(3,4)5)21(13-22(17)29)28-26-19-10-8-9-11-20(19)27-28/h8-13,29H,1,14-15H2,2-7H3. The Morgan fingerprint density at radius 2 is 1.68 bits per heavy atom. The van der Waals surface area contributed by atoms with Crippen molar-refractivity contribution in [3.63, 3.8) is 0 Å². The number of nitrogens with zero attached hydrogens (tertiary/aromatic N) is 3. The summed E-state index contributed by atoms with van der Waals surface area (Å²) in [5.41, 5.74) is 3.91. The number of esters is 1. The molecule has 0 bridgehead atoms. The van der Waals surface area contributed by atoms with Crippen LogP contribution in [0.5, 0.6) is 5.75 Å². The Kier molecular flexibility index (Phi) is 5.94. The van der Waals surface area contributed by atoms with Gasteiger partial charge < -0.3 is 9.84 Å². The lowest BCUT2D eigenvalue weighted by Gasteiger charge is -2.34. The lowest BCUT2D eigenvalue weighted by molar-refractivity contribution is -0.140. The number of aromatic nitrogens is 3. The molecule has 0 aliphatic heterocycles. The molecule has 0 aliphatic rings. The molecule has 0 amide bonds. The average molecular weight is 422 g/mol. The van der Waals surface area contributed by atoms with Gasteiger partial charge in [0.15, 0.2) is 0 Å². The average Bonchev–Trinajstić information content (AvgIpc) is 3.08. The van der Waals surface area contributed by atoms with E-state index in [0.717, 1.165) is 23.0 Å². The molecule has 2 aromatic carbocycles. The summed E-state index contributed by atoms with van der Waals surface area (Å²) in [5.74, 6) is -0.458. The van der Waals surface area contributed by atoms with Crippen molar-refractivity contribution in [1.82, 2.24) is 15.0 Å². The molecule has 0 radical (unpaired) electrons. The van der Waals surface area contributed by atoms with Gasteiger partial charge in [-0.05, 0) is 47.9 Å². The normalized spacial score (nSPS) is 12.2. The molecule has 3 aromatic rings. The number of hydrogen-bond donors (Lipinski definition) is 1. The molecule has 0 spiro atoms. The van der Waals surface area contributed by atoms with E-state index in [2.05, 4.69) is 51.4 Å². The molecule has 0 fully saturated rings. The summed E-state index contributed by atoms with van der Waals surface area (Å²) in [5, 5.41) is 20.0. The zero-order valence-corrected chi connectivity index (χ0v) is 19.2. The van der Waals surface area contributed by atoms with E-state index in [1.54, 1.807) is 17.8 Å². The van der Waals surface area contributed by atoms with E-state index in [0.29, 0.717) is 16.8 Å². The van der Waals surface area contributed by atoms with Gasteiger partial charge in [0.05, 0.1) is 5.69 Å². The lowest BCUT2D eigenvalue weighted by Crippen LogP contribution is -2.27. The summed E-state index contributed by atoms with van der Waals surface area (Å²) in [6, 6.07) is 11.2. The van der Waals surface area contributed by atoms with Crippen molar-refractivity contribution in [3.05, 3.63) is 59.7 Å². The van der Waals surface area contributed by atoms with E-state index in [9.17, 15) is 9.90 Å². The number of phenols is 1. The highest BCUT2D eigenvalue weighted by Crippen LogP contribution is 2.41. The summed E-state index contributed by atoms with van der Waals surface area (Å²) >= 11 is 0. The smallest absolute Gasteiger partial charge is 0.333 e. The minimum absolute atomic E-state index is 0.0289. The molecule has 6 heteroatoms. The SMILES string of the molecule is C=C(C)C(=O)OCc1cc(C(C)(C)CC(C)(C)C)c(-n2nc3ccccc3n2)cc1O. The van der Waals surface area contributed by atoms with Crippen LogP contribution in [0.1, 0.15) is 59.1 Å². The fourth-order valence-electron chi connectivity index (χ4n) is 4.10. The van der Waals surface area contributed by atoms with E-state index < -0.39 is 5.97 Å². The van der Waals surface area contributed by atoms with Gasteiger partial charge in [-0.25, -0.2) is 4.79 Å². The predicted octanol–water partition coefficient (Wildman–Crippen LogP) is 5.46. The Bertz CT molecular complexity index is 1100. The number of carbonyl (C=O) groups excluding carboxylic acids is 1. The summed E-state index contributed by atoms with van der Waals surface area (Å²) in [7, 11) is 0. The van der Waals surface area contributed by atoms with Crippen molar-refractivity contribution >= 4 is 17.0 Å². The van der Waals surface area contributed by atoms with Crippen molar-refractivity contribution in [2.75, 3.05) is 0 Å². The number of benzene rings is 2. The van der Waals surface area contributed by atoms with Crippen molar-refractivity contribution in [1.29, 1.82) is 0 Å². The second-order valence-corrected chi connectivity index (χ2v) is 9.95. The predicted molar refractivity (Wildman–Crippen MR) is 122 cm³/mol. The Morgan fingerprint density at radius 1 is 1.10 bits per heavy atom. The first-order chi connectivity index (χ1) is 14.4. The second-order valence-electron chi connectivity index (χ2n) is 9.95. The highest BCUT2D eigenvalue weighted by molar-refractivity contribution is 5.86. The molecule has 0 unspecified atom stereocenters. The number of hydrogen-bond acceptors (Lipinski definition) is 5. The summed E-state index contributed by atoms with van der Waals surface area (Å²) in [6.45, 7) is 16.1. The Labute approximate surface area is 183 Å². The second kappa shape index (κ2) is 8.17. The molecule has 1 aromatic heterocycles. The highest BCUT2D eigenvalue weighted by Gasteiger charge is 2.31. The molecule has 6 nitrogen and oxygen atoms in total. The minimum atomic E-state index is -0.487. The van der Waals surface area contributed by atoms with Crippen LogP contribution >= 0.6 is 0 Å². The van der Waals surface area contributed by atoms with Crippen molar-refractivity contribution in [3.8, 4) is 11.4 Å². The van der Waals surface area contributed by atoms with Gasteiger partial charge in [-0.15, -0.1) is 15.0 Å². The molecule has 3 rings (SSSR count). The maximum Gasteiger partial charge on any atom is 0.333 e. The quantitative estimate of drug-likeness (QED) is 0.422. The van der Waals surface area contributed by atoms with Gasteiger partial charge in [0.2, 0.25) is 0 Å². The van der Waals surface area contributed by atoms with E-state index in [-0.39, 0.29) is 23.2 Å². The van der Waals surface area contributed by atoms with Crippen LogP contribution in [0.25, 0.3) is 16.7 Å². The fourth-order valence-corrected chi connectivity index (χ4v) is 4.10. The first kappa shape index (κ1) is 22.5. The van der Waals surface area contributed by atoms with Crippen molar-refractivity contribution in [2.45, 2.75) is 60.0 Å². The van der Waals surface area contributed by atoms with Crippen molar-refractivity contribution in [2.24, 2.45) is 5.41 Å². The van der Waals surface area contributed by atoms with Gasteiger partial charge in [0.25, 0.3) is 0 Å². The molecule has 164 valence electrons. The maximum absolute atomic E-state index is 11.9. The zero-order chi connectivity index (χ0) is 23.0. The largest absolute Gasteiger partial charge is 0.507 e. The number of aromatic hydroxyl groups is 1. The third-order valence-corrected chi connectivity index (χ3v) is 5.11. The molecule has 31 heavy (non-hydrogen) atoms. The van der Waals surface area contributed by atoms with Crippen LogP contribution in [0.3, 0.4) is 0 Å². The summed E-state index contributed by atoms with van der Waals surface area (Å²) < 4.78 is 5.30. The maximum atomic E-state index is 11.9.